The molecule has 3 heteroatoms. The van der Waals surface area contributed by atoms with E-state index in [-0.39, 0.29) is 18.2 Å². The van der Waals surface area contributed by atoms with Crippen LogP contribution in [0.5, 0.6) is 0 Å². The van der Waals surface area contributed by atoms with Gasteiger partial charge in [-0.1, -0.05) is 31.7 Å². The molecule has 0 heterocycles. The number of rotatable bonds is 7. The number of ketones is 1. The monoisotopic (exact) mass is 227 g/mol. The summed E-state index contributed by atoms with van der Waals surface area (Å²) in [7, 11) is 3.54. The third kappa shape index (κ3) is 4.73. The number of Topliss-reactive ketones (excluding diaryl/α,β-unsaturated/α-hetero) is 1. The van der Waals surface area contributed by atoms with Gasteiger partial charge in [0.05, 0.1) is 14.9 Å². The fourth-order valence-electron chi connectivity index (χ4n) is 1.72. The van der Waals surface area contributed by atoms with Gasteiger partial charge in [-0.2, -0.15) is 0 Å². The van der Waals surface area contributed by atoms with Gasteiger partial charge in [-0.05, 0) is 33.4 Å². The third-order valence-corrected chi connectivity index (χ3v) is 2.62. The van der Waals surface area contributed by atoms with Crippen molar-refractivity contribution in [1.29, 1.82) is 0 Å². The second kappa shape index (κ2) is 7.36. The van der Waals surface area contributed by atoms with Gasteiger partial charge in [-0.3, -0.25) is 9.69 Å². The summed E-state index contributed by atoms with van der Waals surface area (Å²) >= 11 is 0. The summed E-state index contributed by atoms with van der Waals surface area (Å²) in [4.78, 5) is 13.2. The first-order chi connectivity index (χ1) is 8.27. The maximum atomic E-state index is 11.5. The summed E-state index contributed by atoms with van der Waals surface area (Å²) in [5.74, 6) is -0.117. The highest BCUT2D eigenvalue weighted by molar-refractivity contribution is 5.82. The van der Waals surface area contributed by atoms with Crippen LogP contribution >= 0.6 is 0 Å². The highest BCUT2D eigenvalue weighted by Crippen LogP contribution is 2.16. The van der Waals surface area contributed by atoms with Crippen LogP contribution in [0.4, 0.5) is 0 Å². The predicted octanol–water partition coefficient (Wildman–Crippen LogP) is 1.63. The minimum atomic E-state index is -0.724. The van der Waals surface area contributed by atoms with E-state index in [0.717, 1.165) is 0 Å². The molecule has 16 heavy (non-hydrogen) atoms. The molecule has 0 aromatic heterocycles. The van der Waals surface area contributed by atoms with Crippen molar-refractivity contribution < 1.29 is 12.6 Å². The molecule has 0 aromatic carbocycles. The molecular weight excluding hydrogens is 202 g/mol. The SMILES string of the molecule is [2H]C([2H])=CC=CC[C@@H](C)C(O)[C@@H](C(C)=O)N(C)C. The predicted molar refractivity (Wildman–Crippen MR) is 67.3 cm³/mol. The maximum Gasteiger partial charge on any atom is 0.149 e. The van der Waals surface area contributed by atoms with Crippen LogP contribution in [0.1, 0.15) is 23.0 Å². The molecule has 0 amide bonds. The number of likely N-dealkylation sites (N-methyl/N-ethyl adjacent to an activating group) is 1. The highest BCUT2D eigenvalue weighted by Gasteiger charge is 2.29. The van der Waals surface area contributed by atoms with E-state index in [1.165, 1.54) is 13.0 Å². The molecule has 3 atom stereocenters. The molecule has 0 radical (unpaired) electrons. The summed E-state index contributed by atoms with van der Waals surface area (Å²) in [6, 6.07) is -0.494. The number of carbonyl (C=O) groups excluding carboxylic acids is 1. The van der Waals surface area contributed by atoms with Gasteiger partial charge >= 0.3 is 0 Å². The number of hydrogen-bond acceptors (Lipinski definition) is 3. The molecule has 0 aromatic rings. The average Bonchev–Trinajstić information content (AvgIpc) is 2.22. The van der Waals surface area contributed by atoms with Crippen LogP contribution in [0.2, 0.25) is 0 Å². The van der Waals surface area contributed by atoms with Crippen LogP contribution < -0.4 is 0 Å². The van der Waals surface area contributed by atoms with Gasteiger partial charge in [0.2, 0.25) is 0 Å². The molecule has 0 saturated carbocycles. The number of aliphatic hydroxyl groups excluding tert-OH is 1. The lowest BCUT2D eigenvalue weighted by Crippen LogP contribution is -2.47. The van der Waals surface area contributed by atoms with E-state index in [1.807, 2.05) is 6.92 Å². The van der Waals surface area contributed by atoms with E-state index in [1.54, 1.807) is 31.1 Å². The van der Waals surface area contributed by atoms with Crippen molar-refractivity contribution in [1.82, 2.24) is 4.90 Å². The van der Waals surface area contributed by atoms with E-state index < -0.39 is 12.1 Å². The Bertz CT molecular complexity index is 323. The normalized spacial score (nSPS) is 18.9. The van der Waals surface area contributed by atoms with E-state index in [9.17, 15) is 9.90 Å². The summed E-state index contributed by atoms with van der Waals surface area (Å²) in [5, 5.41) is 10.1. The first-order valence-electron chi connectivity index (χ1n) is 6.42. The van der Waals surface area contributed by atoms with Crippen LogP contribution in [0.25, 0.3) is 0 Å². The maximum absolute atomic E-state index is 11.5. The topological polar surface area (TPSA) is 40.5 Å². The lowest BCUT2D eigenvalue weighted by molar-refractivity contribution is -0.126. The Morgan fingerprint density at radius 3 is 2.69 bits per heavy atom. The van der Waals surface area contributed by atoms with Crippen LogP contribution in [0, 0.1) is 5.92 Å². The van der Waals surface area contributed by atoms with Crippen molar-refractivity contribution in [2.75, 3.05) is 14.1 Å². The van der Waals surface area contributed by atoms with Gasteiger partial charge in [0.25, 0.3) is 0 Å². The third-order valence-electron chi connectivity index (χ3n) is 2.62. The van der Waals surface area contributed by atoms with Gasteiger partial charge in [-0.15, -0.1) is 0 Å². The molecule has 0 fully saturated rings. The first kappa shape index (κ1) is 11.6. The first-order valence-corrected chi connectivity index (χ1v) is 5.42. The quantitative estimate of drug-likeness (QED) is 0.672. The number of allylic oxidation sites excluding steroid dienone is 3. The zero-order chi connectivity index (χ0) is 14.3. The Labute approximate surface area is 101 Å². The lowest BCUT2D eigenvalue weighted by atomic mass is 9.92. The Hall–Kier alpha value is -0.930. The minimum absolute atomic E-state index is 0.0529. The van der Waals surface area contributed by atoms with Gasteiger partial charge in [-0.25, -0.2) is 0 Å². The van der Waals surface area contributed by atoms with Crippen LogP contribution in [0.15, 0.2) is 24.8 Å². The number of hydrogen-bond donors (Lipinski definition) is 1. The van der Waals surface area contributed by atoms with Crippen LogP contribution in [-0.4, -0.2) is 42.0 Å². The van der Waals surface area contributed by atoms with Gasteiger partial charge < -0.3 is 5.11 Å². The Kier molecular flexibility index (Phi) is 5.31. The number of nitrogens with zero attached hydrogens (tertiary/aromatic N) is 1. The molecule has 3 nitrogen and oxygen atoms in total. The van der Waals surface area contributed by atoms with Crippen molar-refractivity contribution >= 4 is 5.78 Å². The lowest BCUT2D eigenvalue weighted by Gasteiger charge is -2.30. The molecule has 1 unspecified atom stereocenters. The van der Waals surface area contributed by atoms with Gasteiger partial charge in [0.1, 0.15) is 5.78 Å². The molecular formula is C13H23NO2. The van der Waals surface area contributed by atoms with Crippen LogP contribution in [0.3, 0.4) is 0 Å². The average molecular weight is 227 g/mol. The zero-order valence-electron chi connectivity index (χ0n) is 12.5. The minimum Gasteiger partial charge on any atom is -0.391 e. The Morgan fingerprint density at radius 1 is 1.62 bits per heavy atom. The Balaban J connectivity index is 4.48. The number of aliphatic hydroxyl groups is 1. The van der Waals surface area contributed by atoms with Crippen molar-refractivity contribution in [3.8, 4) is 0 Å². The summed E-state index contributed by atoms with van der Waals surface area (Å²) in [5.41, 5.74) is 0. The summed E-state index contributed by atoms with van der Waals surface area (Å²) in [6.45, 7) is 3.10. The van der Waals surface area contributed by atoms with Crippen molar-refractivity contribution in [2.45, 2.75) is 32.4 Å². The molecule has 92 valence electrons. The standard InChI is InChI=1S/C13H23NO2/c1-6-7-8-9-10(2)13(16)12(11(3)15)14(4)5/h6-8,10,12-13,16H,1,9H2,2-5H3/t10-,12-,13?/m1/s1/i1D2. The van der Waals surface area contributed by atoms with Gasteiger partial charge in [0.15, 0.2) is 0 Å². The van der Waals surface area contributed by atoms with Crippen molar-refractivity contribution in [2.24, 2.45) is 5.92 Å². The summed E-state index contributed by atoms with van der Waals surface area (Å²) < 4.78 is 13.8. The largest absolute Gasteiger partial charge is 0.391 e. The van der Waals surface area contributed by atoms with E-state index >= 15 is 0 Å². The molecule has 0 saturated heterocycles. The van der Waals surface area contributed by atoms with E-state index in [4.69, 9.17) is 2.74 Å². The fourth-order valence-corrected chi connectivity index (χ4v) is 1.72. The van der Waals surface area contributed by atoms with E-state index in [2.05, 4.69) is 0 Å². The zero-order valence-corrected chi connectivity index (χ0v) is 10.5. The van der Waals surface area contributed by atoms with Gasteiger partial charge in [0, 0.05) is 0 Å². The molecule has 0 aliphatic heterocycles. The Morgan fingerprint density at radius 2 is 2.25 bits per heavy atom. The number of carbonyl (C=O) groups is 1. The molecule has 0 rings (SSSR count). The van der Waals surface area contributed by atoms with Crippen molar-refractivity contribution in [3.63, 3.8) is 0 Å². The van der Waals surface area contributed by atoms with E-state index in [0.29, 0.717) is 6.42 Å². The summed E-state index contributed by atoms with van der Waals surface area (Å²) in [6.07, 6.45) is 4.66. The second-order valence-electron chi connectivity index (χ2n) is 4.32. The molecule has 0 aliphatic carbocycles. The fraction of sp³-hybridized carbons (Fsp3) is 0.615. The van der Waals surface area contributed by atoms with Crippen molar-refractivity contribution in [3.05, 3.63) is 24.8 Å². The molecule has 0 aliphatic rings. The van der Waals surface area contributed by atoms with Crippen LogP contribution in [-0.2, 0) is 4.79 Å². The molecule has 0 spiro atoms. The molecule has 0 bridgehead atoms. The molecule has 1 N–H and O–H groups in total. The second-order valence-corrected chi connectivity index (χ2v) is 4.32. The smallest absolute Gasteiger partial charge is 0.149 e. The highest BCUT2D eigenvalue weighted by atomic mass is 16.3.